The Morgan fingerprint density at radius 1 is 1.05 bits per heavy atom. The third-order valence-electron chi connectivity index (χ3n) is 3.39. The average molecular weight is 270 g/mol. The van der Waals surface area contributed by atoms with Crippen molar-refractivity contribution in [1.29, 1.82) is 0 Å². The Bertz CT molecular complexity index is 537. The third-order valence-corrected chi connectivity index (χ3v) is 3.39. The molecule has 0 heterocycles. The van der Waals surface area contributed by atoms with E-state index in [9.17, 15) is 5.11 Å². The Morgan fingerprint density at radius 3 is 2.35 bits per heavy atom. The van der Waals surface area contributed by atoms with Gasteiger partial charge in [-0.1, -0.05) is 37.6 Å². The van der Waals surface area contributed by atoms with Crippen LogP contribution in [0.5, 0.6) is 5.75 Å². The molecule has 106 valence electrons. The molecule has 0 aliphatic heterocycles. The number of unbranched alkanes of at least 4 members (excludes halogenated alkanes) is 1. The Kier molecular flexibility index (Phi) is 5.02. The van der Waals surface area contributed by atoms with Gasteiger partial charge in [0.15, 0.2) is 0 Å². The van der Waals surface area contributed by atoms with Crippen molar-refractivity contribution in [2.45, 2.75) is 26.3 Å². The molecule has 0 atom stereocenters. The SMILES string of the molecule is CCCCN(c1ccc(CN)cc1)c1ccccc1O. The maximum absolute atomic E-state index is 10.1. The molecule has 3 heteroatoms. The fraction of sp³-hybridized carbons (Fsp3) is 0.294. The van der Waals surface area contributed by atoms with E-state index >= 15 is 0 Å². The minimum absolute atomic E-state index is 0.312. The van der Waals surface area contributed by atoms with Gasteiger partial charge in [-0.15, -0.1) is 0 Å². The summed E-state index contributed by atoms with van der Waals surface area (Å²) in [6, 6.07) is 15.7. The van der Waals surface area contributed by atoms with Crippen LogP contribution in [-0.4, -0.2) is 11.7 Å². The lowest BCUT2D eigenvalue weighted by atomic mass is 10.1. The third kappa shape index (κ3) is 3.31. The number of hydrogen-bond donors (Lipinski definition) is 2. The summed E-state index contributed by atoms with van der Waals surface area (Å²) in [5.41, 5.74) is 8.68. The molecule has 3 N–H and O–H groups in total. The zero-order chi connectivity index (χ0) is 14.4. The van der Waals surface area contributed by atoms with Crippen molar-refractivity contribution >= 4 is 11.4 Å². The maximum Gasteiger partial charge on any atom is 0.139 e. The monoisotopic (exact) mass is 270 g/mol. The lowest BCUT2D eigenvalue weighted by Gasteiger charge is -2.26. The van der Waals surface area contributed by atoms with E-state index in [1.165, 1.54) is 0 Å². The molecule has 0 aliphatic rings. The molecule has 0 spiro atoms. The molecule has 0 saturated carbocycles. The van der Waals surface area contributed by atoms with Gasteiger partial charge in [0.05, 0.1) is 5.69 Å². The first-order valence-corrected chi connectivity index (χ1v) is 7.10. The second-order valence-corrected chi connectivity index (χ2v) is 4.86. The van der Waals surface area contributed by atoms with Crippen molar-refractivity contribution in [3.05, 3.63) is 54.1 Å². The van der Waals surface area contributed by atoms with Crippen molar-refractivity contribution in [1.82, 2.24) is 0 Å². The van der Waals surface area contributed by atoms with Crippen molar-refractivity contribution in [2.24, 2.45) is 5.73 Å². The molecule has 0 aliphatic carbocycles. The summed E-state index contributed by atoms with van der Waals surface area (Å²) in [4.78, 5) is 2.15. The maximum atomic E-state index is 10.1. The van der Waals surface area contributed by atoms with Gasteiger partial charge >= 0.3 is 0 Å². The van der Waals surface area contributed by atoms with Gasteiger partial charge in [-0.3, -0.25) is 0 Å². The second kappa shape index (κ2) is 6.96. The molecule has 0 amide bonds. The summed E-state index contributed by atoms with van der Waals surface area (Å²) in [5, 5.41) is 10.1. The number of benzene rings is 2. The molecule has 0 bridgehead atoms. The van der Waals surface area contributed by atoms with Crippen molar-refractivity contribution in [3.8, 4) is 5.75 Å². The van der Waals surface area contributed by atoms with Crippen molar-refractivity contribution < 1.29 is 5.11 Å². The first-order valence-electron chi connectivity index (χ1n) is 7.10. The zero-order valence-corrected chi connectivity index (χ0v) is 11.9. The highest BCUT2D eigenvalue weighted by molar-refractivity contribution is 5.68. The second-order valence-electron chi connectivity index (χ2n) is 4.86. The van der Waals surface area contributed by atoms with Crippen LogP contribution >= 0.6 is 0 Å². The number of nitrogens with zero attached hydrogens (tertiary/aromatic N) is 1. The molecule has 0 saturated heterocycles. The van der Waals surface area contributed by atoms with Crippen LogP contribution in [0.25, 0.3) is 0 Å². The molecule has 20 heavy (non-hydrogen) atoms. The minimum atomic E-state index is 0.312. The first-order chi connectivity index (χ1) is 9.76. The fourth-order valence-electron chi connectivity index (χ4n) is 2.21. The lowest BCUT2D eigenvalue weighted by Crippen LogP contribution is -2.18. The summed E-state index contributed by atoms with van der Waals surface area (Å²) >= 11 is 0. The molecule has 0 radical (unpaired) electrons. The Hall–Kier alpha value is -2.00. The van der Waals surface area contributed by atoms with E-state index in [1.54, 1.807) is 6.07 Å². The van der Waals surface area contributed by atoms with Crippen LogP contribution in [0, 0.1) is 0 Å². The number of nitrogens with two attached hydrogens (primary N) is 1. The molecule has 0 fully saturated rings. The van der Waals surface area contributed by atoms with Crippen LogP contribution in [-0.2, 0) is 6.54 Å². The van der Waals surface area contributed by atoms with Gasteiger partial charge in [-0.25, -0.2) is 0 Å². The highest BCUT2D eigenvalue weighted by Gasteiger charge is 2.12. The topological polar surface area (TPSA) is 49.5 Å². The molecule has 2 rings (SSSR count). The van der Waals surface area contributed by atoms with E-state index in [2.05, 4.69) is 24.0 Å². The summed E-state index contributed by atoms with van der Waals surface area (Å²) < 4.78 is 0. The largest absolute Gasteiger partial charge is 0.506 e. The van der Waals surface area contributed by atoms with E-state index in [0.29, 0.717) is 12.3 Å². The van der Waals surface area contributed by atoms with Crippen LogP contribution in [0.3, 0.4) is 0 Å². The van der Waals surface area contributed by atoms with Crippen LogP contribution < -0.4 is 10.6 Å². The molecule has 2 aromatic rings. The number of phenols is 1. The summed E-state index contributed by atoms with van der Waals surface area (Å²) in [7, 11) is 0. The highest BCUT2D eigenvalue weighted by atomic mass is 16.3. The number of aromatic hydroxyl groups is 1. The van der Waals surface area contributed by atoms with Gasteiger partial charge in [0.25, 0.3) is 0 Å². The quantitative estimate of drug-likeness (QED) is 0.839. The summed E-state index contributed by atoms with van der Waals surface area (Å²) in [6.07, 6.45) is 2.19. The molecule has 0 aromatic heterocycles. The summed E-state index contributed by atoms with van der Waals surface area (Å²) in [6.45, 7) is 3.60. The highest BCUT2D eigenvalue weighted by Crippen LogP contribution is 2.33. The van der Waals surface area contributed by atoms with Gasteiger partial charge in [0.1, 0.15) is 5.75 Å². The van der Waals surface area contributed by atoms with Crippen molar-refractivity contribution in [3.63, 3.8) is 0 Å². The number of rotatable bonds is 6. The van der Waals surface area contributed by atoms with Gasteiger partial charge < -0.3 is 15.7 Å². The van der Waals surface area contributed by atoms with Gasteiger partial charge in [-0.2, -0.15) is 0 Å². The van der Waals surface area contributed by atoms with Gasteiger partial charge in [0, 0.05) is 18.8 Å². The molecule has 2 aromatic carbocycles. The van der Waals surface area contributed by atoms with E-state index in [0.717, 1.165) is 36.3 Å². The van der Waals surface area contributed by atoms with Crippen molar-refractivity contribution in [2.75, 3.05) is 11.4 Å². The first kappa shape index (κ1) is 14.4. The van der Waals surface area contributed by atoms with E-state index < -0.39 is 0 Å². The average Bonchev–Trinajstić information content (AvgIpc) is 2.50. The van der Waals surface area contributed by atoms with Crippen LogP contribution in [0.1, 0.15) is 25.3 Å². The van der Waals surface area contributed by atoms with Gasteiger partial charge in [0.2, 0.25) is 0 Å². The van der Waals surface area contributed by atoms with E-state index in [4.69, 9.17) is 5.73 Å². The molecule has 3 nitrogen and oxygen atoms in total. The lowest BCUT2D eigenvalue weighted by molar-refractivity contribution is 0.475. The number of hydrogen-bond acceptors (Lipinski definition) is 3. The number of para-hydroxylation sites is 2. The van der Waals surface area contributed by atoms with Crippen LogP contribution in [0.4, 0.5) is 11.4 Å². The van der Waals surface area contributed by atoms with Crippen LogP contribution in [0.2, 0.25) is 0 Å². The van der Waals surface area contributed by atoms with Crippen LogP contribution in [0.15, 0.2) is 48.5 Å². The smallest absolute Gasteiger partial charge is 0.139 e. The number of anilines is 2. The molecule has 0 unspecified atom stereocenters. The predicted molar refractivity (Wildman–Crippen MR) is 84.4 cm³/mol. The molecular weight excluding hydrogens is 248 g/mol. The van der Waals surface area contributed by atoms with E-state index in [-0.39, 0.29) is 0 Å². The molecular formula is C17H22N2O. The Morgan fingerprint density at radius 2 is 1.75 bits per heavy atom. The van der Waals surface area contributed by atoms with Gasteiger partial charge in [-0.05, 0) is 36.2 Å². The summed E-state index contributed by atoms with van der Waals surface area (Å²) in [5.74, 6) is 0.312. The Balaban J connectivity index is 2.33. The fourth-order valence-corrected chi connectivity index (χ4v) is 2.21. The van der Waals surface area contributed by atoms with E-state index in [1.807, 2.05) is 30.3 Å². The minimum Gasteiger partial charge on any atom is -0.506 e. The number of phenolic OH excluding ortho intramolecular Hbond substituents is 1. The zero-order valence-electron chi connectivity index (χ0n) is 11.9. The predicted octanol–water partition coefficient (Wildman–Crippen LogP) is 3.79. The normalized spacial score (nSPS) is 10.5. The Labute approximate surface area is 120 Å². The standard InChI is InChI=1S/C17H22N2O/c1-2-3-12-19(16-6-4-5-7-17(16)20)15-10-8-14(13-18)9-11-15/h4-11,20H,2-3,12-13,18H2,1H3.